The van der Waals surface area contributed by atoms with Gasteiger partial charge in [-0.25, -0.2) is 4.72 Å². The maximum absolute atomic E-state index is 11.4. The monoisotopic (exact) mass is 208 g/mol. The van der Waals surface area contributed by atoms with Crippen LogP contribution in [0.5, 0.6) is 0 Å². The van der Waals surface area contributed by atoms with Crippen LogP contribution < -0.4 is 4.72 Å². The number of aliphatic hydroxyl groups excluding tert-OH is 1. The molecule has 13 heavy (non-hydrogen) atoms. The smallest absolute Gasteiger partial charge is 0.279 e. The predicted octanol–water partition coefficient (Wildman–Crippen LogP) is -0.845. The van der Waals surface area contributed by atoms with Crippen molar-refractivity contribution in [1.29, 1.82) is 0 Å². The van der Waals surface area contributed by atoms with Crippen molar-refractivity contribution in [3.05, 3.63) is 0 Å². The van der Waals surface area contributed by atoms with E-state index in [2.05, 4.69) is 4.72 Å². The van der Waals surface area contributed by atoms with E-state index in [4.69, 9.17) is 5.11 Å². The molecule has 0 unspecified atom stereocenters. The van der Waals surface area contributed by atoms with E-state index in [-0.39, 0.29) is 12.5 Å². The highest BCUT2D eigenvalue weighted by molar-refractivity contribution is 7.87. The summed E-state index contributed by atoms with van der Waals surface area (Å²) in [4.78, 5) is 0. The molecule has 0 aliphatic carbocycles. The Bertz CT molecular complexity index is 246. The average Bonchev–Trinajstić information content (AvgIpc) is 1.98. The van der Waals surface area contributed by atoms with Gasteiger partial charge < -0.3 is 5.11 Å². The molecule has 0 aromatic heterocycles. The second-order valence-corrected chi connectivity index (χ2v) is 5.02. The van der Waals surface area contributed by atoms with Gasteiger partial charge in [0.05, 0.1) is 0 Å². The third kappa shape index (κ3) is 2.63. The molecule has 0 aromatic rings. The summed E-state index contributed by atoms with van der Waals surface area (Å²) in [5.74, 6) is 0.123. The van der Waals surface area contributed by atoms with Gasteiger partial charge >= 0.3 is 0 Å². The lowest BCUT2D eigenvalue weighted by atomic mass is 10.1. The molecule has 0 radical (unpaired) electrons. The fraction of sp³-hybridized carbons (Fsp3) is 1.00. The molecule has 78 valence electrons. The summed E-state index contributed by atoms with van der Waals surface area (Å²) in [6, 6.07) is 0. The first-order chi connectivity index (χ1) is 6.10. The molecule has 1 saturated heterocycles. The summed E-state index contributed by atoms with van der Waals surface area (Å²) in [5, 5.41) is 8.70. The van der Waals surface area contributed by atoms with Crippen molar-refractivity contribution >= 4 is 10.2 Å². The number of nitrogens with zero attached hydrogens (tertiary/aromatic N) is 1. The van der Waals surface area contributed by atoms with Crippen LogP contribution in [0.1, 0.15) is 13.3 Å². The minimum atomic E-state index is -3.26. The zero-order valence-electron chi connectivity index (χ0n) is 7.73. The Balaban J connectivity index is 2.36. The zero-order valence-corrected chi connectivity index (χ0v) is 8.55. The number of rotatable bonds is 5. The number of aliphatic hydroxyl groups is 1. The fourth-order valence-corrected chi connectivity index (χ4v) is 2.62. The highest BCUT2D eigenvalue weighted by Crippen LogP contribution is 2.17. The fourth-order valence-electron chi connectivity index (χ4n) is 1.16. The molecule has 0 amide bonds. The summed E-state index contributed by atoms with van der Waals surface area (Å²) >= 11 is 0. The molecule has 6 heteroatoms. The van der Waals surface area contributed by atoms with Crippen molar-refractivity contribution in [2.24, 2.45) is 5.92 Å². The lowest BCUT2D eigenvalue weighted by molar-refractivity contribution is 0.116. The largest absolute Gasteiger partial charge is 0.396 e. The molecule has 1 heterocycles. The first-order valence-corrected chi connectivity index (χ1v) is 5.89. The SMILES string of the molecule is CCCNS(=O)(=O)N1CC(CO)C1. The van der Waals surface area contributed by atoms with Gasteiger partial charge in [0, 0.05) is 32.2 Å². The number of hydrogen-bond donors (Lipinski definition) is 2. The van der Waals surface area contributed by atoms with E-state index in [0.717, 1.165) is 6.42 Å². The van der Waals surface area contributed by atoms with Crippen LogP contribution in [0, 0.1) is 5.92 Å². The van der Waals surface area contributed by atoms with Crippen molar-refractivity contribution in [2.75, 3.05) is 26.2 Å². The standard InChI is InChI=1S/C7H16N2O3S/c1-2-3-8-13(11,12)9-4-7(5-9)6-10/h7-8,10H,2-6H2,1H3. The summed E-state index contributed by atoms with van der Waals surface area (Å²) < 4.78 is 26.6. The minimum Gasteiger partial charge on any atom is -0.396 e. The first kappa shape index (κ1) is 10.9. The summed E-state index contributed by atoms with van der Waals surface area (Å²) in [5.41, 5.74) is 0. The van der Waals surface area contributed by atoms with Crippen molar-refractivity contribution in [3.63, 3.8) is 0 Å². The average molecular weight is 208 g/mol. The third-order valence-electron chi connectivity index (χ3n) is 2.06. The third-order valence-corrected chi connectivity index (χ3v) is 3.60. The molecular weight excluding hydrogens is 192 g/mol. The molecule has 0 aromatic carbocycles. The molecule has 1 aliphatic rings. The molecule has 5 nitrogen and oxygen atoms in total. The lowest BCUT2D eigenvalue weighted by Gasteiger charge is -2.36. The molecule has 1 fully saturated rings. The Morgan fingerprint density at radius 2 is 2.15 bits per heavy atom. The molecule has 0 atom stereocenters. The Kier molecular flexibility index (Phi) is 3.66. The second-order valence-electron chi connectivity index (χ2n) is 3.26. The van der Waals surface area contributed by atoms with Gasteiger partial charge in [-0.1, -0.05) is 6.92 Å². The van der Waals surface area contributed by atoms with Gasteiger partial charge in [-0.15, -0.1) is 0 Å². The molecule has 2 N–H and O–H groups in total. The maximum atomic E-state index is 11.4. The summed E-state index contributed by atoms with van der Waals surface area (Å²) in [6.07, 6.45) is 0.788. The van der Waals surface area contributed by atoms with Gasteiger partial charge in [0.25, 0.3) is 10.2 Å². The van der Waals surface area contributed by atoms with Gasteiger partial charge in [0.15, 0.2) is 0 Å². The van der Waals surface area contributed by atoms with E-state index >= 15 is 0 Å². The van der Waals surface area contributed by atoms with E-state index in [1.807, 2.05) is 6.92 Å². The van der Waals surface area contributed by atoms with E-state index in [1.165, 1.54) is 4.31 Å². The lowest BCUT2D eigenvalue weighted by Crippen LogP contribution is -2.55. The van der Waals surface area contributed by atoms with Gasteiger partial charge in [0.2, 0.25) is 0 Å². The zero-order chi connectivity index (χ0) is 9.90. The molecule has 0 saturated carbocycles. The number of hydrogen-bond acceptors (Lipinski definition) is 3. The van der Waals surface area contributed by atoms with Gasteiger partial charge in [-0.3, -0.25) is 0 Å². The normalized spacial score (nSPS) is 20.2. The van der Waals surface area contributed by atoms with Gasteiger partial charge in [0.1, 0.15) is 0 Å². The van der Waals surface area contributed by atoms with Gasteiger partial charge in [-0.05, 0) is 6.42 Å². The molecule has 1 rings (SSSR count). The highest BCUT2D eigenvalue weighted by atomic mass is 32.2. The van der Waals surface area contributed by atoms with E-state index in [1.54, 1.807) is 0 Å². The Morgan fingerprint density at radius 3 is 2.62 bits per heavy atom. The maximum Gasteiger partial charge on any atom is 0.279 e. The second kappa shape index (κ2) is 4.36. The van der Waals surface area contributed by atoms with Crippen LogP contribution >= 0.6 is 0 Å². The van der Waals surface area contributed by atoms with Crippen LogP contribution in [0.3, 0.4) is 0 Å². The van der Waals surface area contributed by atoms with Gasteiger partial charge in [-0.2, -0.15) is 12.7 Å². The minimum absolute atomic E-state index is 0.0692. The highest BCUT2D eigenvalue weighted by Gasteiger charge is 2.34. The predicted molar refractivity (Wildman–Crippen MR) is 49.4 cm³/mol. The Hall–Kier alpha value is -0.170. The van der Waals surface area contributed by atoms with E-state index in [0.29, 0.717) is 19.6 Å². The quantitative estimate of drug-likeness (QED) is 0.618. The van der Waals surface area contributed by atoms with E-state index in [9.17, 15) is 8.42 Å². The molecule has 0 spiro atoms. The van der Waals surface area contributed by atoms with Crippen LogP contribution in [0.15, 0.2) is 0 Å². The van der Waals surface area contributed by atoms with E-state index < -0.39 is 10.2 Å². The Morgan fingerprint density at radius 1 is 1.54 bits per heavy atom. The van der Waals surface area contributed by atoms with Crippen LogP contribution in [-0.2, 0) is 10.2 Å². The summed E-state index contributed by atoms with van der Waals surface area (Å²) in [6.45, 7) is 3.34. The first-order valence-electron chi connectivity index (χ1n) is 4.45. The number of nitrogens with one attached hydrogen (secondary N) is 1. The molecular formula is C7H16N2O3S. The van der Waals surface area contributed by atoms with Crippen LogP contribution in [-0.4, -0.2) is 44.1 Å². The molecule has 1 aliphatic heterocycles. The van der Waals surface area contributed by atoms with Crippen molar-refractivity contribution in [3.8, 4) is 0 Å². The topological polar surface area (TPSA) is 69.6 Å². The van der Waals surface area contributed by atoms with Crippen molar-refractivity contribution < 1.29 is 13.5 Å². The van der Waals surface area contributed by atoms with Crippen LogP contribution in [0.4, 0.5) is 0 Å². The van der Waals surface area contributed by atoms with Crippen LogP contribution in [0.25, 0.3) is 0 Å². The molecule has 0 bridgehead atoms. The van der Waals surface area contributed by atoms with Crippen LogP contribution in [0.2, 0.25) is 0 Å². The Labute approximate surface area is 78.9 Å². The van der Waals surface area contributed by atoms with Crippen molar-refractivity contribution in [1.82, 2.24) is 9.03 Å². The van der Waals surface area contributed by atoms with Crippen molar-refractivity contribution in [2.45, 2.75) is 13.3 Å². The summed E-state index contributed by atoms with van der Waals surface area (Å²) in [7, 11) is -3.26.